The summed E-state index contributed by atoms with van der Waals surface area (Å²) in [5.74, 6) is 0.238. The molecule has 0 aliphatic heterocycles. The molecule has 1 nitrogen and oxygen atoms in total. The SMILES string of the molecule is Cc1ccc(C(=O)C(C)SC(C)C)cc1C. The van der Waals surface area contributed by atoms with E-state index in [1.165, 1.54) is 11.1 Å². The second-order valence-corrected chi connectivity index (χ2v) is 6.41. The van der Waals surface area contributed by atoms with Crippen molar-refractivity contribution in [2.24, 2.45) is 0 Å². The van der Waals surface area contributed by atoms with Crippen LogP contribution in [0.2, 0.25) is 0 Å². The van der Waals surface area contributed by atoms with E-state index in [4.69, 9.17) is 0 Å². The van der Waals surface area contributed by atoms with E-state index in [0.717, 1.165) is 5.56 Å². The lowest BCUT2D eigenvalue weighted by atomic mass is 10.0. The first-order valence-corrected chi connectivity index (χ1v) is 6.63. The van der Waals surface area contributed by atoms with Crippen LogP contribution in [0.15, 0.2) is 18.2 Å². The third-order valence-corrected chi connectivity index (χ3v) is 3.80. The Balaban J connectivity index is 2.84. The summed E-state index contributed by atoms with van der Waals surface area (Å²) in [6.07, 6.45) is 0. The van der Waals surface area contributed by atoms with Crippen LogP contribution in [0.25, 0.3) is 0 Å². The number of carbonyl (C=O) groups excluding carboxylic acids is 1. The molecule has 0 amide bonds. The summed E-state index contributed by atoms with van der Waals surface area (Å²) in [5.41, 5.74) is 3.26. The molecule has 0 aromatic heterocycles. The first-order chi connectivity index (χ1) is 7.41. The highest BCUT2D eigenvalue weighted by molar-refractivity contribution is 8.01. The zero-order valence-corrected chi connectivity index (χ0v) is 11.5. The normalized spacial score (nSPS) is 12.9. The molecule has 2 heteroatoms. The Kier molecular flexibility index (Phi) is 4.60. The zero-order valence-electron chi connectivity index (χ0n) is 10.7. The highest BCUT2D eigenvalue weighted by Crippen LogP contribution is 2.21. The summed E-state index contributed by atoms with van der Waals surface area (Å²) < 4.78 is 0. The van der Waals surface area contributed by atoms with Crippen molar-refractivity contribution in [2.75, 3.05) is 0 Å². The summed E-state index contributed by atoms with van der Waals surface area (Å²) in [4.78, 5) is 12.1. The highest BCUT2D eigenvalue weighted by atomic mass is 32.2. The van der Waals surface area contributed by atoms with Crippen LogP contribution in [-0.4, -0.2) is 16.3 Å². The molecule has 0 heterocycles. The lowest BCUT2D eigenvalue weighted by Crippen LogP contribution is -2.16. The van der Waals surface area contributed by atoms with Crippen molar-refractivity contribution < 1.29 is 4.79 Å². The van der Waals surface area contributed by atoms with Crippen LogP contribution in [0.5, 0.6) is 0 Å². The molecule has 1 atom stereocenters. The van der Waals surface area contributed by atoms with E-state index in [1.807, 2.05) is 32.0 Å². The van der Waals surface area contributed by atoms with E-state index >= 15 is 0 Å². The molecule has 1 aromatic rings. The molecule has 0 bridgehead atoms. The number of hydrogen-bond donors (Lipinski definition) is 0. The van der Waals surface area contributed by atoms with Gasteiger partial charge in [-0.2, -0.15) is 0 Å². The number of thioether (sulfide) groups is 1. The van der Waals surface area contributed by atoms with E-state index in [0.29, 0.717) is 5.25 Å². The largest absolute Gasteiger partial charge is 0.293 e. The molecule has 0 aliphatic rings. The Hall–Kier alpha value is -0.760. The van der Waals surface area contributed by atoms with Gasteiger partial charge in [-0.25, -0.2) is 0 Å². The predicted octanol–water partition coefficient (Wildman–Crippen LogP) is 4.02. The number of aryl methyl sites for hydroxylation is 2. The van der Waals surface area contributed by atoms with Gasteiger partial charge >= 0.3 is 0 Å². The van der Waals surface area contributed by atoms with Gasteiger partial charge in [0.1, 0.15) is 0 Å². The molecule has 0 aliphatic carbocycles. The molecule has 16 heavy (non-hydrogen) atoms. The fraction of sp³-hybridized carbons (Fsp3) is 0.500. The Morgan fingerprint density at radius 2 is 1.75 bits per heavy atom. The number of benzene rings is 1. The van der Waals surface area contributed by atoms with Crippen LogP contribution >= 0.6 is 11.8 Å². The quantitative estimate of drug-likeness (QED) is 0.735. The van der Waals surface area contributed by atoms with Gasteiger partial charge in [-0.1, -0.05) is 26.0 Å². The molecule has 0 N–H and O–H groups in total. The maximum atomic E-state index is 12.1. The van der Waals surface area contributed by atoms with Crippen LogP contribution in [-0.2, 0) is 0 Å². The van der Waals surface area contributed by atoms with Crippen LogP contribution in [0.3, 0.4) is 0 Å². The van der Waals surface area contributed by atoms with Crippen molar-refractivity contribution in [3.63, 3.8) is 0 Å². The fourth-order valence-corrected chi connectivity index (χ4v) is 2.68. The molecular formula is C14H20OS. The van der Waals surface area contributed by atoms with Gasteiger partial charge in [0.05, 0.1) is 5.25 Å². The van der Waals surface area contributed by atoms with E-state index in [-0.39, 0.29) is 11.0 Å². The number of hydrogen-bond acceptors (Lipinski definition) is 2. The van der Waals surface area contributed by atoms with E-state index < -0.39 is 0 Å². The number of ketones is 1. The topological polar surface area (TPSA) is 17.1 Å². The second kappa shape index (κ2) is 5.53. The minimum Gasteiger partial charge on any atom is -0.293 e. The van der Waals surface area contributed by atoms with Crippen molar-refractivity contribution in [2.45, 2.75) is 45.1 Å². The van der Waals surface area contributed by atoms with Gasteiger partial charge in [-0.15, -0.1) is 11.8 Å². The third-order valence-electron chi connectivity index (χ3n) is 2.64. The fourth-order valence-electron chi connectivity index (χ4n) is 1.60. The van der Waals surface area contributed by atoms with Gasteiger partial charge in [0.2, 0.25) is 0 Å². The highest BCUT2D eigenvalue weighted by Gasteiger charge is 2.17. The summed E-state index contributed by atoms with van der Waals surface area (Å²) in [6, 6.07) is 5.95. The van der Waals surface area contributed by atoms with E-state index in [2.05, 4.69) is 20.8 Å². The Morgan fingerprint density at radius 1 is 1.12 bits per heavy atom. The first kappa shape index (κ1) is 13.3. The molecule has 0 spiro atoms. The van der Waals surface area contributed by atoms with Gasteiger partial charge in [0, 0.05) is 5.56 Å². The van der Waals surface area contributed by atoms with Crippen molar-refractivity contribution in [3.8, 4) is 0 Å². The lowest BCUT2D eigenvalue weighted by molar-refractivity contribution is 0.0993. The van der Waals surface area contributed by atoms with Crippen molar-refractivity contribution in [1.82, 2.24) is 0 Å². The Morgan fingerprint density at radius 3 is 2.25 bits per heavy atom. The maximum absolute atomic E-state index is 12.1. The van der Waals surface area contributed by atoms with Crippen molar-refractivity contribution in [1.29, 1.82) is 0 Å². The van der Waals surface area contributed by atoms with E-state index in [9.17, 15) is 4.79 Å². The van der Waals surface area contributed by atoms with Crippen molar-refractivity contribution in [3.05, 3.63) is 34.9 Å². The average Bonchev–Trinajstić information content (AvgIpc) is 2.20. The molecule has 0 radical (unpaired) electrons. The number of carbonyl (C=O) groups is 1. The van der Waals surface area contributed by atoms with Crippen LogP contribution in [0.4, 0.5) is 0 Å². The number of Topliss-reactive ketones (excluding diaryl/α,β-unsaturated/α-hetero) is 1. The van der Waals surface area contributed by atoms with Crippen molar-refractivity contribution >= 4 is 17.5 Å². The average molecular weight is 236 g/mol. The molecule has 1 aromatic carbocycles. The molecule has 0 saturated heterocycles. The molecule has 1 unspecified atom stereocenters. The van der Waals surface area contributed by atoms with Gasteiger partial charge in [0.15, 0.2) is 5.78 Å². The van der Waals surface area contributed by atoms with Crippen LogP contribution in [0.1, 0.15) is 42.3 Å². The van der Waals surface area contributed by atoms with Gasteiger partial charge in [-0.05, 0) is 43.2 Å². The zero-order chi connectivity index (χ0) is 12.3. The molecular weight excluding hydrogens is 216 g/mol. The summed E-state index contributed by atoms with van der Waals surface area (Å²) in [6.45, 7) is 10.3. The molecule has 1 rings (SSSR count). The minimum atomic E-state index is 0.0436. The van der Waals surface area contributed by atoms with Crippen LogP contribution in [0, 0.1) is 13.8 Å². The Labute approximate surface area is 103 Å². The molecule has 88 valence electrons. The summed E-state index contributed by atoms with van der Waals surface area (Å²) >= 11 is 1.72. The monoisotopic (exact) mass is 236 g/mol. The summed E-state index contributed by atoms with van der Waals surface area (Å²) in [7, 11) is 0. The van der Waals surface area contributed by atoms with Gasteiger partial charge in [0.25, 0.3) is 0 Å². The molecule has 0 saturated carbocycles. The van der Waals surface area contributed by atoms with Gasteiger partial charge in [-0.3, -0.25) is 4.79 Å². The lowest BCUT2D eigenvalue weighted by Gasteiger charge is -2.13. The second-order valence-electron chi connectivity index (χ2n) is 4.49. The van der Waals surface area contributed by atoms with Gasteiger partial charge < -0.3 is 0 Å². The first-order valence-electron chi connectivity index (χ1n) is 5.68. The molecule has 0 fully saturated rings. The summed E-state index contributed by atoms with van der Waals surface area (Å²) in [5, 5.41) is 0.535. The van der Waals surface area contributed by atoms with Crippen LogP contribution < -0.4 is 0 Å². The Bertz CT molecular complexity index is 382. The maximum Gasteiger partial charge on any atom is 0.175 e. The number of rotatable bonds is 4. The third kappa shape index (κ3) is 3.38. The minimum absolute atomic E-state index is 0.0436. The standard InChI is InChI=1S/C14H20OS/c1-9(2)16-12(5)14(15)13-7-6-10(3)11(4)8-13/h6-9,12H,1-5H3. The van der Waals surface area contributed by atoms with E-state index in [1.54, 1.807) is 11.8 Å². The predicted molar refractivity (Wildman–Crippen MR) is 72.4 cm³/mol. The smallest absolute Gasteiger partial charge is 0.175 e.